The van der Waals surface area contributed by atoms with Gasteiger partial charge in [-0.1, -0.05) is 35.6 Å². The van der Waals surface area contributed by atoms with E-state index in [0.717, 1.165) is 14.9 Å². The van der Waals surface area contributed by atoms with Crippen molar-refractivity contribution in [2.75, 3.05) is 12.0 Å². The van der Waals surface area contributed by atoms with Crippen molar-refractivity contribution in [3.8, 4) is 5.75 Å². The van der Waals surface area contributed by atoms with Gasteiger partial charge in [-0.3, -0.25) is 14.5 Å². The molecule has 1 aliphatic rings. The Kier molecular flexibility index (Phi) is 5.82. The predicted octanol–water partition coefficient (Wildman–Crippen LogP) is 5.67. The number of ketones is 1. The largest absolute Gasteiger partial charge is 0.507 e. The molecule has 1 saturated heterocycles. The molecule has 1 amide bonds. The van der Waals surface area contributed by atoms with Crippen molar-refractivity contribution in [3.63, 3.8) is 0 Å². The number of Topliss-reactive ketones (excluding diaryl/α,β-unsaturated/α-hetero) is 1. The summed E-state index contributed by atoms with van der Waals surface area (Å²) in [6.07, 6.45) is 0. The lowest BCUT2D eigenvalue weighted by molar-refractivity contribution is -0.132. The zero-order valence-electron chi connectivity index (χ0n) is 17.7. The second-order valence-corrected chi connectivity index (χ2v) is 9.82. The van der Waals surface area contributed by atoms with E-state index in [1.165, 1.54) is 30.2 Å². The molecule has 34 heavy (non-hydrogen) atoms. The number of hydrogen-bond acceptors (Lipinski definition) is 6. The van der Waals surface area contributed by atoms with E-state index in [1.807, 2.05) is 12.1 Å². The molecular formula is C25H16FIN2O4S. The quantitative estimate of drug-likeness (QED) is 0.144. The van der Waals surface area contributed by atoms with Crippen LogP contribution >= 0.6 is 33.9 Å². The molecule has 9 heteroatoms. The van der Waals surface area contributed by atoms with Gasteiger partial charge in [-0.25, -0.2) is 9.37 Å². The number of rotatable bonds is 4. The zero-order valence-corrected chi connectivity index (χ0v) is 20.6. The minimum atomic E-state index is -0.909. The van der Waals surface area contributed by atoms with Crippen molar-refractivity contribution in [1.29, 1.82) is 0 Å². The summed E-state index contributed by atoms with van der Waals surface area (Å²) in [5.74, 6) is -1.87. The van der Waals surface area contributed by atoms with Crippen molar-refractivity contribution in [2.24, 2.45) is 0 Å². The van der Waals surface area contributed by atoms with E-state index in [-0.39, 0.29) is 16.5 Å². The number of carbonyl (C=O) groups is 2. The highest BCUT2D eigenvalue weighted by molar-refractivity contribution is 14.1. The second-order valence-electron chi connectivity index (χ2n) is 7.56. The van der Waals surface area contributed by atoms with Gasteiger partial charge in [0.25, 0.3) is 5.78 Å². The molecule has 0 radical (unpaired) electrons. The highest BCUT2D eigenvalue weighted by atomic mass is 127. The van der Waals surface area contributed by atoms with E-state index in [1.54, 1.807) is 36.4 Å². The van der Waals surface area contributed by atoms with Crippen LogP contribution in [0.4, 0.5) is 9.52 Å². The Bertz CT molecular complexity index is 1480. The van der Waals surface area contributed by atoms with Gasteiger partial charge in [0.1, 0.15) is 17.3 Å². The fraction of sp³-hybridized carbons (Fsp3) is 0.0800. The van der Waals surface area contributed by atoms with Gasteiger partial charge in [-0.2, -0.15) is 0 Å². The number of carbonyl (C=O) groups excluding carboxylic acids is 2. The summed E-state index contributed by atoms with van der Waals surface area (Å²) >= 11 is 3.27. The minimum Gasteiger partial charge on any atom is -0.507 e. The van der Waals surface area contributed by atoms with Crippen LogP contribution in [0.1, 0.15) is 17.2 Å². The molecule has 170 valence electrons. The smallest absolute Gasteiger partial charge is 0.301 e. The fourth-order valence-electron chi connectivity index (χ4n) is 3.91. The van der Waals surface area contributed by atoms with Gasteiger partial charge in [0, 0.05) is 9.13 Å². The maximum absolute atomic E-state index is 13.8. The molecule has 0 aliphatic carbocycles. The molecular weight excluding hydrogens is 570 g/mol. The number of halogens is 2. The van der Waals surface area contributed by atoms with Crippen molar-refractivity contribution in [3.05, 3.63) is 92.8 Å². The maximum Gasteiger partial charge on any atom is 0.301 e. The highest BCUT2D eigenvalue weighted by Gasteiger charge is 2.48. The van der Waals surface area contributed by atoms with Crippen molar-refractivity contribution in [1.82, 2.24) is 4.98 Å². The highest BCUT2D eigenvalue weighted by Crippen LogP contribution is 2.44. The summed E-state index contributed by atoms with van der Waals surface area (Å²) in [4.78, 5) is 32.3. The van der Waals surface area contributed by atoms with Gasteiger partial charge in [-0.05, 0) is 70.6 Å². The fourth-order valence-corrected chi connectivity index (χ4v) is 5.28. The Labute approximate surface area is 211 Å². The molecule has 1 unspecified atom stereocenters. The molecule has 0 spiro atoms. The Balaban J connectivity index is 1.73. The lowest BCUT2D eigenvalue weighted by atomic mass is 9.95. The number of methoxy groups -OCH3 is 1. The third kappa shape index (κ3) is 3.84. The number of aliphatic hydroxyl groups excluding tert-OH is 1. The number of fused-ring (bicyclic) bond motifs is 1. The number of benzene rings is 3. The summed E-state index contributed by atoms with van der Waals surface area (Å²) in [5.41, 5.74) is 1.44. The number of hydrogen-bond donors (Lipinski definition) is 1. The number of thiazole rings is 1. The molecule has 1 N–H and O–H groups in total. The van der Waals surface area contributed by atoms with E-state index >= 15 is 0 Å². The first-order chi connectivity index (χ1) is 16.4. The predicted molar refractivity (Wildman–Crippen MR) is 137 cm³/mol. The van der Waals surface area contributed by atoms with E-state index in [0.29, 0.717) is 27.1 Å². The number of ether oxygens (including phenoxy) is 1. The third-order valence-electron chi connectivity index (χ3n) is 5.52. The van der Waals surface area contributed by atoms with Crippen molar-refractivity contribution < 1.29 is 23.8 Å². The summed E-state index contributed by atoms with van der Waals surface area (Å²) in [6, 6.07) is 17.2. The van der Waals surface area contributed by atoms with Crippen LogP contribution in [0.3, 0.4) is 0 Å². The monoisotopic (exact) mass is 586 g/mol. The van der Waals surface area contributed by atoms with Crippen LogP contribution < -0.4 is 9.64 Å². The van der Waals surface area contributed by atoms with E-state index in [9.17, 15) is 19.1 Å². The maximum atomic E-state index is 13.8. The van der Waals surface area contributed by atoms with E-state index in [4.69, 9.17) is 4.74 Å². The zero-order chi connectivity index (χ0) is 24.0. The normalized spacial score (nSPS) is 17.5. The number of nitrogens with zero attached hydrogens (tertiary/aromatic N) is 2. The summed E-state index contributed by atoms with van der Waals surface area (Å²) < 4.78 is 20.5. The van der Waals surface area contributed by atoms with Crippen LogP contribution in [0.25, 0.3) is 16.0 Å². The van der Waals surface area contributed by atoms with Crippen LogP contribution in [-0.4, -0.2) is 28.9 Å². The third-order valence-corrected chi connectivity index (χ3v) is 7.26. The van der Waals surface area contributed by atoms with Crippen LogP contribution in [0, 0.1) is 9.39 Å². The van der Waals surface area contributed by atoms with Crippen LogP contribution in [-0.2, 0) is 9.59 Å². The van der Waals surface area contributed by atoms with Gasteiger partial charge in [-0.15, -0.1) is 0 Å². The Morgan fingerprint density at radius 2 is 1.88 bits per heavy atom. The van der Waals surface area contributed by atoms with E-state index < -0.39 is 23.5 Å². The first-order valence-corrected chi connectivity index (χ1v) is 12.0. The van der Waals surface area contributed by atoms with Gasteiger partial charge < -0.3 is 9.84 Å². The molecule has 5 rings (SSSR count). The summed E-state index contributed by atoms with van der Waals surface area (Å²) in [5, 5.41) is 11.5. The lowest BCUT2D eigenvalue weighted by Crippen LogP contribution is -2.29. The standard InChI is InChI=1S/C25H16FIN2O4S/c1-33-17-4-2-3-14(11-17)22(30)20-21(13-5-8-16(27)9-6-13)29(24(32)23(20)31)25-28-18-10-7-15(26)12-19(18)34-25/h2-12,21,30H,1H3. The Morgan fingerprint density at radius 3 is 2.62 bits per heavy atom. The van der Waals surface area contributed by atoms with Gasteiger partial charge in [0.15, 0.2) is 5.13 Å². The topological polar surface area (TPSA) is 79.7 Å². The SMILES string of the molecule is COc1cccc(C(O)=C2C(=O)C(=O)N(c3nc4ccc(F)cc4s3)C2c2ccc(I)cc2)c1. The lowest BCUT2D eigenvalue weighted by Gasteiger charge is -2.23. The van der Waals surface area contributed by atoms with Crippen LogP contribution in [0.5, 0.6) is 5.75 Å². The van der Waals surface area contributed by atoms with E-state index in [2.05, 4.69) is 27.6 Å². The van der Waals surface area contributed by atoms with Crippen LogP contribution in [0.15, 0.2) is 72.3 Å². The second kappa shape index (κ2) is 8.80. The Morgan fingerprint density at radius 1 is 1.12 bits per heavy atom. The molecule has 4 aromatic rings. The van der Waals surface area contributed by atoms with Crippen molar-refractivity contribution >= 4 is 66.7 Å². The molecule has 1 aromatic heterocycles. The van der Waals surface area contributed by atoms with Crippen LogP contribution in [0.2, 0.25) is 0 Å². The first kappa shape index (κ1) is 22.5. The molecule has 2 heterocycles. The average molecular weight is 586 g/mol. The number of amides is 1. The van der Waals surface area contributed by atoms with Gasteiger partial charge in [0.05, 0.1) is 28.9 Å². The molecule has 1 aliphatic heterocycles. The minimum absolute atomic E-state index is 0.0510. The summed E-state index contributed by atoms with van der Waals surface area (Å²) in [6.45, 7) is 0. The molecule has 3 aromatic carbocycles. The first-order valence-electron chi connectivity index (χ1n) is 10.1. The number of aliphatic hydroxyl groups is 1. The molecule has 1 fully saturated rings. The summed E-state index contributed by atoms with van der Waals surface area (Å²) in [7, 11) is 1.50. The molecule has 1 atom stereocenters. The Hall–Kier alpha value is -3.31. The molecule has 0 saturated carbocycles. The number of aromatic nitrogens is 1. The molecule has 6 nitrogen and oxygen atoms in total. The van der Waals surface area contributed by atoms with Gasteiger partial charge in [0.2, 0.25) is 0 Å². The van der Waals surface area contributed by atoms with Gasteiger partial charge >= 0.3 is 5.91 Å². The van der Waals surface area contributed by atoms with Crippen molar-refractivity contribution in [2.45, 2.75) is 6.04 Å². The molecule has 0 bridgehead atoms. The average Bonchev–Trinajstić information content (AvgIpc) is 3.37. The number of anilines is 1.